The molecule has 1 atom stereocenters. The largest absolute Gasteiger partial charge is 0.357 e. The Bertz CT molecular complexity index is 562. The van der Waals surface area contributed by atoms with E-state index in [1.807, 2.05) is 6.92 Å². The maximum absolute atomic E-state index is 10.7. The number of halogens is 1. The minimum atomic E-state index is -0.390. The van der Waals surface area contributed by atoms with Crippen LogP contribution in [0, 0.1) is 10.1 Å². The number of nitrogens with zero attached hydrogens (tertiary/aromatic N) is 3. The Balaban J connectivity index is 0.00000676. The first-order chi connectivity index (χ1) is 12.5. The van der Waals surface area contributed by atoms with E-state index in [1.165, 1.54) is 12.1 Å². The molecule has 0 aliphatic rings. The van der Waals surface area contributed by atoms with Crippen molar-refractivity contribution in [2.75, 3.05) is 26.2 Å². The average molecular weight is 491 g/mol. The standard InChI is InChI=1S/C19H33N5O2.HI/c1-5-20-19(22-16(4)9-8-14-23(6-2)7-3)21-15-17-10-12-18(13-11-17)24(25)26;/h10-13,16H,5-9,14-15H2,1-4H3,(H2,20,21,22);1H. The van der Waals surface area contributed by atoms with Crippen LogP contribution in [0.4, 0.5) is 5.69 Å². The maximum Gasteiger partial charge on any atom is 0.269 e. The van der Waals surface area contributed by atoms with Crippen LogP contribution >= 0.6 is 24.0 Å². The van der Waals surface area contributed by atoms with Gasteiger partial charge in [0.25, 0.3) is 5.69 Å². The Morgan fingerprint density at radius 2 is 1.85 bits per heavy atom. The molecule has 1 rings (SSSR count). The van der Waals surface area contributed by atoms with Gasteiger partial charge in [0.05, 0.1) is 11.5 Å². The summed E-state index contributed by atoms with van der Waals surface area (Å²) in [6.45, 7) is 13.2. The van der Waals surface area contributed by atoms with E-state index < -0.39 is 4.92 Å². The smallest absolute Gasteiger partial charge is 0.269 e. The summed E-state index contributed by atoms with van der Waals surface area (Å²) in [5.74, 6) is 0.779. The third-order valence-corrected chi connectivity index (χ3v) is 4.30. The number of hydrogen-bond acceptors (Lipinski definition) is 4. The minimum Gasteiger partial charge on any atom is -0.357 e. The molecular weight excluding hydrogens is 457 g/mol. The summed E-state index contributed by atoms with van der Waals surface area (Å²) in [6, 6.07) is 6.86. The summed E-state index contributed by atoms with van der Waals surface area (Å²) in [7, 11) is 0. The molecule has 0 bridgehead atoms. The molecule has 0 saturated carbocycles. The van der Waals surface area contributed by atoms with E-state index in [0.29, 0.717) is 12.6 Å². The van der Waals surface area contributed by atoms with Crippen molar-refractivity contribution >= 4 is 35.6 Å². The number of benzene rings is 1. The van der Waals surface area contributed by atoms with Gasteiger partial charge in [-0.2, -0.15) is 0 Å². The SMILES string of the molecule is CCNC(=NCc1ccc([N+](=O)[O-])cc1)NC(C)CCCN(CC)CC.I. The van der Waals surface area contributed by atoms with Crippen molar-refractivity contribution < 1.29 is 4.92 Å². The number of nitrogens with one attached hydrogen (secondary N) is 2. The monoisotopic (exact) mass is 491 g/mol. The molecule has 2 N–H and O–H groups in total. The number of guanidine groups is 1. The van der Waals surface area contributed by atoms with Crippen LogP contribution in [0.2, 0.25) is 0 Å². The summed E-state index contributed by atoms with van der Waals surface area (Å²) in [6.07, 6.45) is 2.23. The van der Waals surface area contributed by atoms with Crippen LogP contribution in [0.25, 0.3) is 0 Å². The van der Waals surface area contributed by atoms with Crippen LogP contribution in [0.5, 0.6) is 0 Å². The highest BCUT2D eigenvalue weighted by Gasteiger charge is 2.07. The second-order valence-corrected chi connectivity index (χ2v) is 6.33. The fraction of sp³-hybridized carbons (Fsp3) is 0.632. The number of aliphatic imine (C=N–C) groups is 1. The molecule has 0 aliphatic carbocycles. The Morgan fingerprint density at radius 3 is 2.37 bits per heavy atom. The molecule has 1 aromatic rings. The van der Waals surface area contributed by atoms with Crippen LogP contribution in [0.15, 0.2) is 29.3 Å². The molecule has 0 radical (unpaired) electrons. The predicted octanol–water partition coefficient (Wildman–Crippen LogP) is 3.78. The number of rotatable bonds is 11. The molecule has 0 aliphatic heterocycles. The molecule has 0 saturated heterocycles. The predicted molar refractivity (Wildman–Crippen MR) is 123 cm³/mol. The van der Waals surface area contributed by atoms with Crippen LogP contribution in [0.1, 0.15) is 46.1 Å². The van der Waals surface area contributed by atoms with Gasteiger partial charge in [0.2, 0.25) is 0 Å². The summed E-state index contributed by atoms with van der Waals surface area (Å²) in [5.41, 5.74) is 1.05. The zero-order chi connectivity index (χ0) is 19.4. The lowest BCUT2D eigenvalue weighted by molar-refractivity contribution is -0.384. The van der Waals surface area contributed by atoms with Crippen molar-refractivity contribution in [2.45, 2.75) is 53.1 Å². The average Bonchev–Trinajstić information content (AvgIpc) is 2.64. The van der Waals surface area contributed by atoms with E-state index in [9.17, 15) is 10.1 Å². The summed E-state index contributed by atoms with van der Waals surface area (Å²) in [4.78, 5) is 17.3. The van der Waals surface area contributed by atoms with E-state index in [2.05, 4.69) is 41.3 Å². The van der Waals surface area contributed by atoms with Crippen molar-refractivity contribution in [1.29, 1.82) is 0 Å². The van der Waals surface area contributed by atoms with Gasteiger partial charge in [-0.15, -0.1) is 24.0 Å². The van der Waals surface area contributed by atoms with Crippen LogP contribution in [-0.2, 0) is 6.54 Å². The molecule has 27 heavy (non-hydrogen) atoms. The fourth-order valence-electron chi connectivity index (χ4n) is 2.68. The van der Waals surface area contributed by atoms with Crippen molar-refractivity contribution in [3.63, 3.8) is 0 Å². The van der Waals surface area contributed by atoms with Crippen LogP contribution in [-0.4, -0.2) is 48.0 Å². The molecule has 1 unspecified atom stereocenters. The first kappa shape index (κ1) is 25.6. The highest BCUT2D eigenvalue weighted by Crippen LogP contribution is 2.12. The molecule has 1 aromatic carbocycles. The van der Waals surface area contributed by atoms with Gasteiger partial charge in [0.1, 0.15) is 0 Å². The topological polar surface area (TPSA) is 82.8 Å². The van der Waals surface area contributed by atoms with E-state index in [0.717, 1.165) is 50.5 Å². The van der Waals surface area contributed by atoms with Gasteiger partial charge >= 0.3 is 0 Å². The number of nitro benzene ring substituents is 1. The molecule has 0 spiro atoms. The molecule has 8 heteroatoms. The van der Waals surface area contributed by atoms with E-state index in [4.69, 9.17) is 0 Å². The summed E-state index contributed by atoms with van der Waals surface area (Å²) in [5, 5.41) is 17.4. The van der Waals surface area contributed by atoms with Gasteiger partial charge < -0.3 is 15.5 Å². The maximum atomic E-state index is 10.7. The minimum absolute atomic E-state index is 0. The van der Waals surface area contributed by atoms with Crippen molar-refractivity contribution in [1.82, 2.24) is 15.5 Å². The molecule has 7 nitrogen and oxygen atoms in total. The van der Waals surface area contributed by atoms with Gasteiger partial charge in [-0.05, 0) is 51.9 Å². The third kappa shape index (κ3) is 10.5. The lowest BCUT2D eigenvalue weighted by Crippen LogP contribution is -2.42. The summed E-state index contributed by atoms with van der Waals surface area (Å²) < 4.78 is 0. The lowest BCUT2D eigenvalue weighted by Gasteiger charge is -2.21. The molecule has 0 aromatic heterocycles. The Hall–Kier alpha value is -1.42. The van der Waals surface area contributed by atoms with Crippen molar-refractivity contribution in [3.05, 3.63) is 39.9 Å². The van der Waals surface area contributed by atoms with Gasteiger partial charge in [0.15, 0.2) is 5.96 Å². The quantitative estimate of drug-likeness (QED) is 0.162. The number of hydrogen-bond donors (Lipinski definition) is 2. The molecule has 154 valence electrons. The fourth-order valence-corrected chi connectivity index (χ4v) is 2.68. The first-order valence-corrected chi connectivity index (χ1v) is 9.50. The zero-order valence-electron chi connectivity index (χ0n) is 16.9. The Kier molecular flexibility index (Phi) is 13.8. The van der Waals surface area contributed by atoms with Gasteiger partial charge in [-0.3, -0.25) is 10.1 Å². The number of non-ortho nitro benzene ring substituents is 1. The highest BCUT2D eigenvalue weighted by molar-refractivity contribution is 14.0. The second-order valence-electron chi connectivity index (χ2n) is 6.33. The van der Waals surface area contributed by atoms with E-state index in [-0.39, 0.29) is 29.7 Å². The van der Waals surface area contributed by atoms with Gasteiger partial charge in [-0.25, -0.2) is 4.99 Å². The summed E-state index contributed by atoms with van der Waals surface area (Å²) >= 11 is 0. The molecule has 0 amide bonds. The Labute approximate surface area is 180 Å². The van der Waals surface area contributed by atoms with Crippen molar-refractivity contribution in [2.24, 2.45) is 4.99 Å². The third-order valence-electron chi connectivity index (χ3n) is 4.30. The Morgan fingerprint density at radius 1 is 1.22 bits per heavy atom. The lowest BCUT2D eigenvalue weighted by atomic mass is 10.2. The first-order valence-electron chi connectivity index (χ1n) is 9.50. The highest BCUT2D eigenvalue weighted by atomic mass is 127. The van der Waals surface area contributed by atoms with Crippen molar-refractivity contribution in [3.8, 4) is 0 Å². The van der Waals surface area contributed by atoms with E-state index >= 15 is 0 Å². The van der Waals surface area contributed by atoms with Crippen LogP contribution in [0.3, 0.4) is 0 Å². The number of nitro groups is 1. The second kappa shape index (κ2) is 14.6. The van der Waals surface area contributed by atoms with E-state index in [1.54, 1.807) is 12.1 Å². The zero-order valence-corrected chi connectivity index (χ0v) is 19.2. The molecule has 0 heterocycles. The van der Waals surface area contributed by atoms with Gasteiger partial charge in [0, 0.05) is 24.7 Å². The van der Waals surface area contributed by atoms with Crippen LogP contribution < -0.4 is 10.6 Å². The molecule has 0 fully saturated rings. The van der Waals surface area contributed by atoms with Gasteiger partial charge in [-0.1, -0.05) is 26.0 Å². The molecular formula is C19H34IN5O2. The normalized spacial score (nSPS) is 12.4.